The number of nitrogens with zero attached hydrogens (tertiary/aromatic N) is 1. The number of non-ortho nitro benzene ring substituents is 1. The molecule has 0 N–H and O–H groups in total. The molecule has 31 heavy (non-hydrogen) atoms. The van der Waals surface area contributed by atoms with Crippen molar-refractivity contribution in [1.29, 1.82) is 0 Å². The molecule has 3 aromatic carbocycles. The van der Waals surface area contributed by atoms with Gasteiger partial charge in [0.2, 0.25) is 0 Å². The third-order valence-corrected chi connectivity index (χ3v) is 13.1. The minimum atomic E-state index is -2.13. The summed E-state index contributed by atoms with van der Waals surface area (Å²) in [4.78, 5) is 10.8. The molecule has 0 saturated heterocycles. The maximum Gasteiger partial charge on any atom is 0.269 e. The monoisotopic (exact) mass is 451 g/mol. The predicted molar refractivity (Wildman–Crippen MR) is 133 cm³/mol. The lowest BCUT2D eigenvalue weighted by Crippen LogP contribution is -2.42. The Morgan fingerprint density at radius 3 is 1.68 bits per heavy atom. The van der Waals surface area contributed by atoms with Gasteiger partial charge >= 0.3 is 0 Å². The highest BCUT2D eigenvalue weighted by atomic mass is 31.1. The predicted octanol–water partition coefficient (Wildman–Crippen LogP) is 6.75. The fourth-order valence-corrected chi connectivity index (χ4v) is 7.64. The van der Waals surface area contributed by atoms with Crippen LogP contribution in [0.5, 0.6) is 0 Å². The van der Waals surface area contributed by atoms with Gasteiger partial charge in [0.25, 0.3) is 5.69 Å². The molecule has 6 heteroatoms. The van der Waals surface area contributed by atoms with Crippen LogP contribution in [0.1, 0.15) is 32.2 Å². The van der Waals surface area contributed by atoms with Gasteiger partial charge in [-0.05, 0) is 54.4 Å². The van der Waals surface area contributed by atoms with Crippen molar-refractivity contribution in [3.05, 3.63) is 101 Å². The molecule has 4 nitrogen and oxygen atoms in total. The number of benzene rings is 3. The summed E-state index contributed by atoms with van der Waals surface area (Å²) in [5, 5.41) is 13.7. The highest BCUT2D eigenvalue weighted by Crippen LogP contribution is 2.53. The van der Waals surface area contributed by atoms with Gasteiger partial charge in [0.05, 0.1) is 10.8 Å². The third kappa shape index (κ3) is 5.48. The van der Waals surface area contributed by atoms with Crippen LogP contribution in [0, 0.1) is 10.1 Å². The average molecular weight is 452 g/mol. The van der Waals surface area contributed by atoms with Crippen molar-refractivity contribution in [3.8, 4) is 0 Å². The summed E-state index contributed by atoms with van der Waals surface area (Å²) < 4.78 is 7.06. The zero-order valence-electron chi connectivity index (χ0n) is 18.8. The molecule has 0 spiro atoms. The Bertz CT molecular complexity index is 963. The van der Waals surface area contributed by atoms with Crippen LogP contribution in [0.2, 0.25) is 18.1 Å². The normalized spacial score (nSPS) is 13.2. The van der Waals surface area contributed by atoms with Crippen LogP contribution in [-0.4, -0.2) is 13.2 Å². The minimum absolute atomic E-state index is 0.0421. The molecule has 1 atom stereocenters. The van der Waals surface area contributed by atoms with Crippen LogP contribution in [0.3, 0.4) is 0 Å². The second-order valence-electron chi connectivity index (χ2n) is 9.12. The second kappa shape index (κ2) is 9.43. The van der Waals surface area contributed by atoms with Gasteiger partial charge in [-0.1, -0.05) is 81.4 Å². The molecule has 3 aromatic rings. The van der Waals surface area contributed by atoms with Gasteiger partial charge in [0, 0.05) is 12.1 Å². The maximum absolute atomic E-state index is 11.2. The Hall–Kier alpha value is -2.33. The van der Waals surface area contributed by atoms with E-state index >= 15 is 0 Å². The topological polar surface area (TPSA) is 52.4 Å². The highest BCUT2D eigenvalue weighted by Gasteiger charge is 2.42. The first kappa shape index (κ1) is 23.3. The first-order chi connectivity index (χ1) is 14.6. The van der Waals surface area contributed by atoms with Gasteiger partial charge in [-0.3, -0.25) is 10.1 Å². The first-order valence-corrected chi connectivity index (χ1v) is 14.7. The molecular weight excluding hydrogens is 421 g/mol. The number of hydrogen-bond donors (Lipinski definition) is 0. The molecule has 0 fully saturated rings. The van der Waals surface area contributed by atoms with Crippen LogP contribution < -0.4 is 10.6 Å². The SMILES string of the molecule is CC(C)(C)[Si](C)(C)OC(c1ccc([N+](=O)[O-])cc1)P(c1ccccc1)c1ccccc1. The van der Waals surface area contributed by atoms with Gasteiger partial charge in [0.15, 0.2) is 8.32 Å². The summed E-state index contributed by atoms with van der Waals surface area (Å²) in [5.74, 6) is -0.193. The largest absolute Gasteiger partial charge is 0.406 e. The molecule has 0 radical (unpaired) electrons. The molecule has 3 rings (SSSR count). The molecule has 0 bridgehead atoms. The van der Waals surface area contributed by atoms with Crippen molar-refractivity contribution in [1.82, 2.24) is 0 Å². The molecule has 0 saturated carbocycles. The van der Waals surface area contributed by atoms with E-state index in [1.54, 1.807) is 12.1 Å². The lowest BCUT2D eigenvalue weighted by atomic mass is 10.2. The molecule has 0 heterocycles. The van der Waals surface area contributed by atoms with Crippen molar-refractivity contribution in [2.24, 2.45) is 0 Å². The third-order valence-electron chi connectivity index (χ3n) is 5.90. The first-order valence-electron chi connectivity index (χ1n) is 10.4. The standard InChI is InChI=1S/C25H30NO3PSi/c1-25(2,3)31(4,5)29-24(20-16-18-21(19-17-20)26(27)28)30(22-12-8-6-9-13-22)23-14-10-7-11-15-23/h6-19,24H,1-5H3. The quantitative estimate of drug-likeness (QED) is 0.173. The zero-order valence-corrected chi connectivity index (χ0v) is 20.7. The average Bonchev–Trinajstić information content (AvgIpc) is 2.74. The number of nitro groups is 1. The smallest absolute Gasteiger partial charge is 0.269 e. The number of hydrogen-bond acceptors (Lipinski definition) is 3. The van der Waals surface area contributed by atoms with Crippen molar-refractivity contribution in [2.75, 3.05) is 0 Å². The summed E-state index contributed by atoms with van der Waals surface area (Å²) in [6, 6.07) is 27.8. The second-order valence-corrected chi connectivity index (χ2v) is 16.1. The molecule has 162 valence electrons. The fourth-order valence-electron chi connectivity index (χ4n) is 3.08. The zero-order chi connectivity index (χ0) is 22.6. The van der Waals surface area contributed by atoms with E-state index in [0.29, 0.717) is 0 Å². The van der Waals surface area contributed by atoms with Crippen molar-refractivity contribution in [3.63, 3.8) is 0 Å². The van der Waals surface area contributed by atoms with Crippen LogP contribution in [0.4, 0.5) is 5.69 Å². The van der Waals surface area contributed by atoms with Crippen molar-refractivity contribution >= 4 is 32.5 Å². The summed E-state index contributed by atoms with van der Waals surface area (Å²) in [7, 11) is -3.02. The Morgan fingerprint density at radius 1 is 0.839 bits per heavy atom. The van der Waals surface area contributed by atoms with E-state index in [9.17, 15) is 10.1 Å². The van der Waals surface area contributed by atoms with E-state index in [4.69, 9.17) is 4.43 Å². The molecule has 0 aliphatic rings. The molecule has 0 aliphatic carbocycles. The Morgan fingerprint density at radius 2 is 1.29 bits per heavy atom. The summed E-state index contributed by atoms with van der Waals surface area (Å²) >= 11 is 0. The minimum Gasteiger partial charge on any atom is -0.406 e. The number of rotatable bonds is 7. The molecular formula is C25H30NO3PSi. The van der Waals surface area contributed by atoms with E-state index < -0.39 is 16.2 Å². The van der Waals surface area contributed by atoms with Crippen molar-refractivity contribution < 1.29 is 9.35 Å². The summed E-state index contributed by atoms with van der Waals surface area (Å²) in [6.07, 6.45) is 0. The van der Waals surface area contributed by atoms with Gasteiger partial charge < -0.3 is 4.43 Å². The summed E-state index contributed by atoms with van der Waals surface area (Å²) in [5.41, 5.74) is 1.08. The lowest BCUT2D eigenvalue weighted by Gasteiger charge is -2.42. The van der Waals surface area contributed by atoms with E-state index in [1.807, 2.05) is 24.3 Å². The van der Waals surface area contributed by atoms with E-state index in [0.717, 1.165) is 5.56 Å². The number of nitro benzene ring substituents is 1. The van der Waals surface area contributed by atoms with Crippen LogP contribution in [-0.2, 0) is 4.43 Å². The molecule has 0 aromatic heterocycles. The van der Waals surface area contributed by atoms with Crippen LogP contribution in [0.25, 0.3) is 0 Å². The van der Waals surface area contributed by atoms with Gasteiger partial charge in [-0.2, -0.15) is 0 Å². The molecule has 0 amide bonds. The highest BCUT2D eigenvalue weighted by molar-refractivity contribution is 7.73. The fraction of sp³-hybridized carbons (Fsp3) is 0.280. The van der Waals surface area contributed by atoms with E-state index in [2.05, 4.69) is 82.4 Å². The Kier molecular flexibility index (Phi) is 7.10. The van der Waals surface area contributed by atoms with Crippen LogP contribution >= 0.6 is 7.92 Å². The van der Waals surface area contributed by atoms with Gasteiger partial charge in [0.1, 0.15) is 0 Å². The lowest BCUT2D eigenvalue weighted by molar-refractivity contribution is -0.384. The summed E-state index contributed by atoms with van der Waals surface area (Å²) in [6.45, 7) is 11.2. The van der Waals surface area contributed by atoms with E-state index in [-0.39, 0.29) is 21.5 Å². The maximum atomic E-state index is 11.2. The van der Waals surface area contributed by atoms with E-state index in [1.165, 1.54) is 10.6 Å². The van der Waals surface area contributed by atoms with Crippen LogP contribution in [0.15, 0.2) is 84.9 Å². The van der Waals surface area contributed by atoms with Gasteiger partial charge in [-0.25, -0.2) is 0 Å². The molecule has 1 unspecified atom stereocenters. The molecule has 0 aliphatic heterocycles. The Labute approximate surface area is 187 Å². The van der Waals surface area contributed by atoms with Crippen molar-refractivity contribution in [2.45, 2.75) is 44.7 Å². The Balaban J connectivity index is 2.17. The van der Waals surface area contributed by atoms with Gasteiger partial charge in [-0.15, -0.1) is 0 Å².